The van der Waals surface area contributed by atoms with Gasteiger partial charge in [0, 0.05) is 19.2 Å². The lowest BCUT2D eigenvalue weighted by Gasteiger charge is -2.33. The standard InChI is InChI=1S/C16H23N3O3.ClH/c1-22-15-3-2-13(10-14(15)19(20)21)11-18-9-6-16(12-18)4-7-17-8-5-16;/h2-3,10,17H,4-9,11-12H2,1H3;1H. The summed E-state index contributed by atoms with van der Waals surface area (Å²) in [5, 5.41) is 14.5. The molecule has 1 aromatic carbocycles. The van der Waals surface area contributed by atoms with Gasteiger partial charge in [0.2, 0.25) is 0 Å². The summed E-state index contributed by atoms with van der Waals surface area (Å²) >= 11 is 0. The molecule has 2 saturated heterocycles. The van der Waals surface area contributed by atoms with E-state index in [1.807, 2.05) is 6.07 Å². The average molecular weight is 342 g/mol. The minimum absolute atomic E-state index is 0. The van der Waals surface area contributed by atoms with Crippen molar-refractivity contribution in [3.63, 3.8) is 0 Å². The van der Waals surface area contributed by atoms with Crippen LogP contribution in [0.3, 0.4) is 0 Å². The number of piperidine rings is 1. The smallest absolute Gasteiger partial charge is 0.311 e. The first-order chi connectivity index (χ1) is 10.6. The molecule has 2 aliphatic rings. The summed E-state index contributed by atoms with van der Waals surface area (Å²) in [4.78, 5) is 13.2. The molecule has 2 heterocycles. The molecule has 0 atom stereocenters. The van der Waals surface area contributed by atoms with E-state index >= 15 is 0 Å². The summed E-state index contributed by atoms with van der Waals surface area (Å²) in [7, 11) is 1.46. The molecular formula is C16H24ClN3O3. The maximum absolute atomic E-state index is 11.1. The van der Waals surface area contributed by atoms with Crippen LogP contribution in [-0.2, 0) is 6.54 Å². The molecule has 1 spiro atoms. The van der Waals surface area contributed by atoms with Gasteiger partial charge < -0.3 is 10.1 Å². The molecular weight excluding hydrogens is 318 g/mol. The molecule has 6 nitrogen and oxygen atoms in total. The van der Waals surface area contributed by atoms with Gasteiger partial charge in [0.1, 0.15) is 0 Å². The van der Waals surface area contributed by atoms with Gasteiger partial charge in [-0.1, -0.05) is 6.07 Å². The number of likely N-dealkylation sites (tertiary alicyclic amines) is 1. The Kier molecular flexibility index (Phi) is 5.84. The van der Waals surface area contributed by atoms with Crippen LogP contribution in [0.25, 0.3) is 0 Å². The number of ether oxygens (including phenoxy) is 1. The van der Waals surface area contributed by atoms with E-state index < -0.39 is 0 Å². The Morgan fingerprint density at radius 2 is 2.09 bits per heavy atom. The molecule has 0 bridgehead atoms. The molecule has 1 aromatic rings. The van der Waals surface area contributed by atoms with E-state index in [0.29, 0.717) is 11.2 Å². The van der Waals surface area contributed by atoms with Gasteiger partial charge in [-0.25, -0.2) is 0 Å². The third kappa shape index (κ3) is 3.94. The van der Waals surface area contributed by atoms with Gasteiger partial charge in [-0.05, 0) is 55.9 Å². The monoisotopic (exact) mass is 341 g/mol. The second-order valence-corrected chi connectivity index (χ2v) is 6.47. The Labute approximate surface area is 142 Å². The number of halogens is 1. The first-order valence-corrected chi connectivity index (χ1v) is 7.86. The fraction of sp³-hybridized carbons (Fsp3) is 0.625. The molecule has 128 valence electrons. The van der Waals surface area contributed by atoms with Crippen molar-refractivity contribution in [2.45, 2.75) is 25.8 Å². The number of nitrogens with one attached hydrogen (secondary N) is 1. The lowest BCUT2D eigenvalue weighted by Crippen LogP contribution is -2.38. The zero-order valence-corrected chi connectivity index (χ0v) is 14.2. The van der Waals surface area contributed by atoms with Crippen LogP contribution in [0.15, 0.2) is 18.2 Å². The van der Waals surface area contributed by atoms with Gasteiger partial charge in [-0.3, -0.25) is 15.0 Å². The number of methoxy groups -OCH3 is 1. The van der Waals surface area contributed by atoms with Crippen molar-refractivity contribution in [3.05, 3.63) is 33.9 Å². The minimum Gasteiger partial charge on any atom is -0.490 e. The molecule has 0 radical (unpaired) electrons. The number of nitro benzene ring substituents is 1. The van der Waals surface area contributed by atoms with Crippen LogP contribution in [-0.4, -0.2) is 43.1 Å². The highest BCUT2D eigenvalue weighted by Gasteiger charge is 2.38. The molecule has 2 aliphatic heterocycles. The Morgan fingerprint density at radius 3 is 2.74 bits per heavy atom. The van der Waals surface area contributed by atoms with Gasteiger partial charge in [0.15, 0.2) is 5.75 Å². The summed E-state index contributed by atoms with van der Waals surface area (Å²) < 4.78 is 5.06. The largest absolute Gasteiger partial charge is 0.490 e. The molecule has 0 aliphatic carbocycles. The average Bonchev–Trinajstić information content (AvgIpc) is 2.90. The molecule has 1 N–H and O–H groups in total. The minimum atomic E-state index is -0.374. The number of nitro groups is 1. The van der Waals surface area contributed by atoms with Crippen LogP contribution < -0.4 is 10.1 Å². The van der Waals surface area contributed by atoms with Crippen molar-refractivity contribution in [3.8, 4) is 5.75 Å². The van der Waals surface area contributed by atoms with Gasteiger partial charge in [-0.2, -0.15) is 0 Å². The van der Waals surface area contributed by atoms with E-state index in [-0.39, 0.29) is 23.0 Å². The van der Waals surface area contributed by atoms with E-state index in [2.05, 4.69) is 10.2 Å². The fourth-order valence-corrected chi connectivity index (χ4v) is 3.76. The van der Waals surface area contributed by atoms with Gasteiger partial charge in [0.05, 0.1) is 12.0 Å². The zero-order valence-electron chi connectivity index (χ0n) is 13.4. The van der Waals surface area contributed by atoms with Crippen LogP contribution in [0.5, 0.6) is 5.75 Å². The molecule has 0 saturated carbocycles. The molecule has 2 fully saturated rings. The Balaban J connectivity index is 0.00000192. The first-order valence-electron chi connectivity index (χ1n) is 7.86. The second-order valence-electron chi connectivity index (χ2n) is 6.47. The quantitative estimate of drug-likeness (QED) is 0.673. The highest BCUT2D eigenvalue weighted by molar-refractivity contribution is 5.85. The molecule has 23 heavy (non-hydrogen) atoms. The Hall–Kier alpha value is -1.37. The lowest BCUT2D eigenvalue weighted by atomic mass is 9.78. The van der Waals surface area contributed by atoms with Crippen molar-refractivity contribution in [2.75, 3.05) is 33.3 Å². The van der Waals surface area contributed by atoms with Crippen LogP contribution in [0.1, 0.15) is 24.8 Å². The highest BCUT2D eigenvalue weighted by atomic mass is 35.5. The Bertz CT molecular complexity index is 562. The van der Waals surface area contributed by atoms with E-state index in [1.165, 1.54) is 26.4 Å². The van der Waals surface area contributed by atoms with Crippen LogP contribution in [0.2, 0.25) is 0 Å². The third-order valence-electron chi connectivity index (χ3n) is 5.03. The van der Waals surface area contributed by atoms with Crippen molar-refractivity contribution < 1.29 is 9.66 Å². The maximum Gasteiger partial charge on any atom is 0.311 e. The van der Waals surface area contributed by atoms with E-state index in [9.17, 15) is 10.1 Å². The predicted octanol–water partition coefficient (Wildman–Crippen LogP) is 2.60. The van der Waals surface area contributed by atoms with Crippen molar-refractivity contribution in [1.29, 1.82) is 0 Å². The molecule has 0 aromatic heterocycles. The number of benzene rings is 1. The van der Waals surface area contributed by atoms with Gasteiger partial charge in [0.25, 0.3) is 0 Å². The van der Waals surface area contributed by atoms with Gasteiger partial charge >= 0.3 is 5.69 Å². The van der Waals surface area contributed by atoms with Crippen molar-refractivity contribution in [1.82, 2.24) is 10.2 Å². The number of hydrogen-bond donors (Lipinski definition) is 1. The lowest BCUT2D eigenvalue weighted by molar-refractivity contribution is -0.385. The normalized spacial score (nSPS) is 20.2. The van der Waals surface area contributed by atoms with Crippen molar-refractivity contribution >= 4 is 18.1 Å². The number of nitrogens with zero attached hydrogens (tertiary/aromatic N) is 2. The second kappa shape index (κ2) is 7.47. The summed E-state index contributed by atoms with van der Waals surface area (Å²) in [5.74, 6) is 0.324. The number of rotatable bonds is 4. The zero-order chi connectivity index (χ0) is 15.6. The van der Waals surface area contributed by atoms with E-state index in [4.69, 9.17) is 4.74 Å². The van der Waals surface area contributed by atoms with Crippen LogP contribution in [0.4, 0.5) is 5.69 Å². The van der Waals surface area contributed by atoms with Gasteiger partial charge in [-0.15, -0.1) is 12.4 Å². The van der Waals surface area contributed by atoms with Crippen LogP contribution >= 0.6 is 12.4 Å². The summed E-state index contributed by atoms with van der Waals surface area (Å²) in [5.41, 5.74) is 1.50. The topological polar surface area (TPSA) is 67.6 Å². The molecule has 0 unspecified atom stereocenters. The highest BCUT2D eigenvalue weighted by Crippen LogP contribution is 2.39. The van der Waals surface area contributed by atoms with Crippen LogP contribution in [0, 0.1) is 15.5 Å². The predicted molar refractivity (Wildman–Crippen MR) is 91.3 cm³/mol. The summed E-state index contributed by atoms with van der Waals surface area (Å²) in [6.45, 7) is 5.19. The maximum atomic E-state index is 11.1. The Morgan fingerprint density at radius 1 is 1.35 bits per heavy atom. The first kappa shape index (κ1) is 18.0. The number of hydrogen-bond acceptors (Lipinski definition) is 5. The SMILES string of the molecule is COc1ccc(CN2CCC3(CCNCC3)C2)cc1[N+](=O)[O-].Cl. The molecule has 3 rings (SSSR count). The third-order valence-corrected chi connectivity index (χ3v) is 5.03. The summed E-state index contributed by atoms with van der Waals surface area (Å²) in [6.07, 6.45) is 3.73. The fourth-order valence-electron chi connectivity index (χ4n) is 3.76. The van der Waals surface area contributed by atoms with Crippen molar-refractivity contribution in [2.24, 2.45) is 5.41 Å². The molecule has 7 heteroatoms. The molecule has 0 amide bonds. The summed E-state index contributed by atoms with van der Waals surface area (Å²) in [6, 6.07) is 5.27. The van der Waals surface area contributed by atoms with E-state index in [1.54, 1.807) is 12.1 Å². The van der Waals surface area contributed by atoms with E-state index in [0.717, 1.165) is 38.3 Å².